The monoisotopic (exact) mass is 349 g/mol. The number of H-pyrrole nitrogens is 1. The van der Waals surface area contributed by atoms with Gasteiger partial charge < -0.3 is 4.74 Å². The largest absolute Gasteiger partial charge is 0.492 e. The molecule has 24 heavy (non-hydrogen) atoms. The zero-order valence-electron chi connectivity index (χ0n) is 14.5. The van der Waals surface area contributed by atoms with Gasteiger partial charge in [0.25, 0.3) is 0 Å². The van der Waals surface area contributed by atoms with E-state index in [1.807, 2.05) is 6.07 Å². The zero-order valence-corrected chi connectivity index (χ0v) is 15.3. The molecular formula is C17H23N3O3S. The Morgan fingerprint density at radius 2 is 1.96 bits per heavy atom. The molecule has 1 aliphatic carbocycles. The van der Waals surface area contributed by atoms with Crippen molar-refractivity contribution in [2.24, 2.45) is 5.92 Å². The molecule has 0 aliphatic heterocycles. The lowest BCUT2D eigenvalue weighted by Gasteiger charge is -2.14. The molecule has 0 bridgehead atoms. The number of pyridine rings is 1. The molecule has 2 heterocycles. The van der Waals surface area contributed by atoms with Crippen molar-refractivity contribution in [2.75, 3.05) is 12.9 Å². The second-order valence-electron chi connectivity index (χ2n) is 7.46. The molecule has 1 saturated carbocycles. The first-order chi connectivity index (χ1) is 11.1. The Morgan fingerprint density at radius 3 is 2.50 bits per heavy atom. The summed E-state index contributed by atoms with van der Waals surface area (Å²) in [6.45, 7) is 6.82. The van der Waals surface area contributed by atoms with E-state index in [0.29, 0.717) is 29.7 Å². The summed E-state index contributed by atoms with van der Waals surface area (Å²) in [4.78, 5) is 4.40. The number of hydrogen-bond donors (Lipinski definition) is 1. The van der Waals surface area contributed by atoms with Crippen LogP contribution in [0.4, 0.5) is 0 Å². The molecule has 0 radical (unpaired) electrons. The van der Waals surface area contributed by atoms with Crippen molar-refractivity contribution in [3.8, 4) is 17.1 Å². The number of nitrogens with one attached hydrogen (secondary N) is 1. The number of aromatic nitrogens is 3. The molecular weight excluding hydrogens is 326 g/mol. The molecule has 0 aromatic carbocycles. The Labute approximate surface area is 142 Å². The Kier molecular flexibility index (Phi) is 4.15. The van der Waals surface area contributed by atoms with Gasteiger partial charge in [0.2, 0.25) is 0 Å². The summed E-state index contributed by atoms with van der Waals surface area (Å²) in [5.41, 5.74) is 2.21. The lowest BCUT2D eigenvalue weighted by molar-refractivity contribution is 0.292. The van der Waals surface area contributed by atoms with Crippen molar-refractivity contribution in [1.29, 1.82) is 0 Å². The van der Waals surface area contributed by atoms with Gasteiger partial charge in [0.1, 0.15) is 16.3 Å². The molecule has 130 valence electrons. The van der Waals surface area contributed by atoms with Crippen LogP contribution in [0.1, 0.15) is 39.3 Å². The van der Waals surface area contributed by atoms with Gasteiger partial charge in [-0.05, 0) is 24.8 Å². The van der Waals surface area contributed by atoms with Crippen LogP contribution in [0.5, 0.6) is 5.75 Å². The van der Waals surface area contributed by atoms with E-state index in [9.17, 15) is 8.42 Å². The van der Waals surface area contributed by atoms with Crippen LogP contribution in [-0.4, -0.2) is 36.5 Å². The van der Waals surface area contributed by atoms with Gasteiger partial charge in [-0.1, -0.05) is 20.8 Å². The van der Waals surface area contributed by atoms with Crippen molar-refractivity contribution in [1.82, 2.24) is 15.2 Å². The zero-order chi connectivity index (χ0) is 17.5. The number of sulfone groups is 1. The average Bonchev–Trinajstić information content (AvgIpc) is 3.16. The van der Waals surface area contributed by atoms with Crippen LogP contribution >= 0.6 is 0 Å². The van der Waals surface area contributed by atoms with Crippen molar-refractivity contribution in [3.63, 3.8) is 0 Å². The van der Waals surface area contributed by atoms with Gasteiger partial charge in [0, 0.05) is 23.4 Å². The first-order valence-electron chi connectivity index (χ1n) is 8.04. The van der Waals surface area contributed by atoms with Crippen molar-refractivity contribution in [2.45, 2.75) is 43.9 Å². The second kappa shape index (κ2) is 5.88. The molecule has 0 amide bonds. The molecule has 6 nitrogen and oxygen atoms in total. The summed E-state index contributed by atoms with van der Waals surface area (Å²) in [7, 11) is -3.39. The van der Waals surface area contributed by atoms with Crippen LogP contribution in [0.3, 0.4) is 0 Å². The molecule has 0 atom stereocenters. The van der Waals surface area contributed by atoms with E-state index in [1.54, 1.807) is 6.07 Å². The fourth-order valence-corrected chi connectivity index (χ4v) is 3.01. The van der Waals surface area contributed by atoms with Crippen molar-refractivity contribution < 1.29 is 13.2 Å². The number of ether oxygens (including phenoxy) is 1. The molecule has 1 N–H and O–H groups in total. The minimum Gasteiger partial charge on any atom is -0.492 e. The minimum atomic E-state index is -3.39. The van der Waals surface area contributed by atoms with Gasteiger partial charge in [0.15, 0.2) is 9.84 Å². The lowest BCUT2D eigenvalue weighted by Crippen LogP contribution is -2.11. The summed E-state index contributed by atoms with van der Waals surface area (Å²) in [6, 6.07) is 3.61. The number of nitrogens with zero attached hydrogens (tertiary/aromatic N) is 2. The Hall–Kier alpha value is -1.89. The van der Waals surface area contributed by atoms with Crippen molar-refractivity contribution in [3.05, 3.63) is 24.0 Å². The van der Waals surface area contributed by atoms with E-state index >= 15 is 0 Å². The van der Waals surface area contributed by atoms with Crippen LogP contribution in [0, 0.1) is 5.92 Å². The topological polar surface area (TPSA) is 84.9 Å². The molecule has 1 fully saturated rings. The Balaban J connectivity index is 1.96. The maximum atomic E-state index is 12.0. The van der Waals surface area contributed by atoms with Gasteiger partial charge in [-0.3, -0.25) is 10.1 Å². The molecule has 3 rings (SSSR count). The molecule has 0 unspecified atom stereocenters. The first kappa shape index (κ1) is 17.0. The predicted octanol–water partition coefficient (Wildman–Crippen LogP) is 2.96. The van der Waals surface area contributed by atoms with E-state index < -0.39 is 9.84 Å². The van der Waals surface area contributed by atoms with Gasteiger partial charge in [-0.25, -0.2) is 8.42 Å². The molecule has 2 aromatic rings. The minimum absolute atomic E-state index is 0.0523. The third-order valence-corrected chi connectivity index (χ3v) is 5.16. The summed E-state index contributed by atoms with van der Waals surface area (Å²) in [6.07, 6.45) is 4.80. The SMILES string of the molecule is CC(C)(C)c1cc(-c2cc(OCC3CC3)c(S(C)(=O)=O)cn2)n[nH]1. The van der Waals surface area contributed by atoms with Gasteiger partial charge in [-0.2, -0.15) is 5.10 Å². The highest BCUT2D eigenvalue weighted by Crippen LogP contribution is 2.33. The van der Waals surface area contributed by atoms with Crippen molar-refractivity contribution >= 4 is 9.84 Å². The quantitative estimate of drug-likeness (QED) is 0.897. The average molecular weight is 349 g/mol. The third kappa shape index (κ3) is 3.77. The normalized spacial score (nSPS) is 15.5. The summed E-state index contributed by atoms with van der Waals surface area (Å²) >= 11 is 0. The first-order valence-corrected chi connectivity index (χ1v) is 9.93. The van der Waals surface area contributed by atoms with E-state index in [2.05, 4.69) is 36.0 Å². The standard InChI is InChI=1S/C17H23N3O3S/c1-17(2,3)16-8-13(19-20-16)12-7-14(23-10-11-5-6-11)15(9-18-12)24(4,21)22/h7-9,11H,5-6,10H2,1-4H3,(H,19,20). The van der Waals surface area contributed by atoms with Crippen LogP contribution in [0.25, 0.3) is 11.4 Å². The lowest BCUT2D eigenvalue weighted by atomic mass is 9.92. The smallest absolute Gasteiger partial charge is 0.180 e. The number of aromatic amines is 1. The van der Waals surface area contributed by atoms with E-state index in [1.165, 1.54) is 12.5 Å². The van der Waals surface area contributed by atoms with Crippen LogP contribution < -0.4 is 4.74 Å². The van der Waals surface area contributed by atoms with Crippen LogP contribution in [0.2, 0.25) is 0 Å². The molecule has 2 aromatic heterocycles. The highest BCUT2D eigenvalue weighted by Gasteiger charge is 2.25. The van der Waals surface area contributed by atoms with Gasteiger partial charge in [0.05, 0.1) is 18.5 Å². The summed E-state index contributed by atoms with van der Waals surface area (Å²) in [5.74, 6) is 0.890. The number of rotatable bonds is 5. The Bertz CT molecular complexity index is 846. The predicted molar refractivity (Wildman–Crippen MR) is 91.8 cm³/mol. The highest BCUT2D eigenvalue weighted by atomic mass is 32.2. The molecule has 1 aliphatic rings. The fraction of sp³-hybridized carbons (Fsp3) is 0.529. The second-order valence-corrected chi connectivity index (χ2v) is 9.44. The summed E-state index contributed by atoms with van der Waals surface area (Å²) < 4.78 is 29.7. The highest BCUT2D eigenvalue weighted by molar-refractivity contribution is 7.90. The maximum Gasteiger partial charge on any atom is 0.180 e. The number of hydrogen-bond acceptors (Lipinski definition) is 5. The molecule has 0 saturated heterocycles. The fourth-order valence-electron chi connectivity index (χ4n) is 2.28. The van der Waals surface area contributed by atoms with E-state index in [4.69, 9.17) is 4.74 Å². The maximum absolute atomic E-state index is 12.0. The van der Waals surface area contributed by atoms with E-state index in [-0.39, 0.29) is 10.3 Å². The molecule has 7 heteroatoms. The van der Waals surface area contributed by atoms with Crippen LogP contribution in [-0.2, 0) is 15.3 Å². The van der Waals surface area contributed by atoms with Gasteiger partial charge >= 0.3 is 0 Å². The van der Waals surface area contributed by atoms with E-state index in [0.717, 1.165) is 18.5 Å². The van der Waals surface area contributed by atoms with Crippen LogP contribution in [0.15, 0.2) is 23.2 Å². The third-order valence-electron chi connectivity index (χ3n) is 4.05. The Morgan fingerprint density at radius 1 is 1.25 bits per heavy atom. The molecule has 0 spiro atoms. The van der Waals surface area contributed by atoms with Gasteiger partial charge in [-0.15, -0.1) is 0 Å². The summed E-state index contributed by atoms with van der Waals surface area (Å²) in [5, 5.41) is 7.32.